The lowest BCUT2D eigenvalue weighted by Gasteiger charge is -2.07. The molecule has 0 unspecified atom stereocenters. The largest absolute Gasteiger partial charge is 0.503 e. The Morgan fingerprint density at radius 1 is 1.25 bits per heavy atom. The Bertz CT molecular complexity index is 766. The number of carbonyl (C=O) groups excluding carboxylic acids is 1. The normalized spacial score (nSPS) is 10.6. The van der Waals surface area contributed by atoms with Crippen molar-refractivity contribution in [2.75, 3.05) is 13.7 Å². The van der Waals surface area contributed by atoms with E-state index < -0.39 is 5.91 Å². The van der Waals surface area contributed by atoms with Gasteiger partial charge in [-0.25, -0.2) is 5.43 Å². The van der Waals surface area contributed by atoms with E-state index in [1.165, 1.54) is 13.3 Å². The summed E-state index contributed by atoms with van der Waals surface area (Å²) < 4.78 is 11.6. The molecule has 0 bridgehead atoms. The maximum Gasteiger partial charge on any atom is 0.277 e. The Kier molecular flexibility index (Phi) is 6.62. The van der Waals surface area contributed by atoms with E-state index in [0.29, 0.717) is 21.5 Å². The van der Waals surface area contributed by atoms with Crippen LogP contribution < -0.4 is 14.9 Å². The van der Waals surface area contributed by atoms with E-state index in [1.807, 2.05) is 18.2 Å². The van der Waals surface area contributed by atoms with Crippen molar-refractivity contribution in [1.82, 2.24) is 5.43 Å². The van der Waals surface area contributed by atoms with E-state index in [1.54, 1.807) is 18.2 Å². The van der Waals surface area contributed by atoms with Crippen molar-refractivity contribution in [3.8, 4) is 17.2 Å². The zero-order valence-corrected chi connectivity index (χ0v) is 15.8. The summed E-state index contributed by atoms with van der Waals surface area (Å²) in [4.78, 5) is 11.7. The number of hydrazone groups is 1. The number of nitrogens with one attached hydrogen (secondary N) is 1. The average molecular weight is 458 g/mol. The molecule has 2 aromatic carbocycles. The lowest BCUT2D eigenvalue weighted by Crippen LogP contribution is -2.24. The molecule has 0 aliphatic heterocycles. The predicted molar refractivity (Wildman–Crippen MR) is 97.7 cm³/mol. The topological polar surface area (TPSA) is 80.2 Å². The maximum atomic E-state index is 11.7. The molecule has 0 radical (unpaired) electrons. The van der Waals surface area contributed by atoms with Gasteiger partial charge in [-0.05, 0) is 61.7 Å². The van der Waals surface area contributed by atoms with E-state index in [9.17, 15) is 9.90 Å². The molecule has 0 aliphatic carbocycles. The monoisotopic (exact) mass is 456 g/mol. The van der Waals surface area contributed by atoms with E-state index in [-0.39, 0.29) is 12.4 Å². The minimum atomic E-state index is -0.396. The number of benzene rings is 2. The van der Waals surface area contributed by atoms with E-state index in [0.717, 1.165) is 4.47 Å². The second kappa shape index (κ2) is 8.70. The van der Waals surface area contributed by atoms with Crippen molar-refractivity contribution in [3.05, 3.63) is 50.9 Å². The molecule has 2 N–H and O–H groups in total. The molecule has 0 aromatic heterocycles. The minimum Gasteiger partial charge on any atom is -0.503 e. The zero-order chi connectivity index (χ0) is 17.5. The van der Waals surface area contributed by atoms with Gasteiger partial charge in [0.1, 0.15) is 5.75 Å². The molecule has 126 valence electrons. The first kappa shape index (κ1) is 18.3. The quantitative estimate of drug-likeness (QED) is 0.514. The number of methoxy groups -OCH3 is 1. The van der Waals surface area contributed by atoms with Crippen molar-refractivity contribution >= 4 is 44.0 Å². The summed E-state index contributed by atoms with van der Waals surface area (Å²) in [5.41, 5.74) is 3.01. The molecule has 0 aliphatic rings. The molecule has 2 aromatic rings. The fourth-order valence-electron chi connectivity index (χ4n) is 1.74. The number of phenols is 1. The molecule has 24 heavy (non-hydrogen) atoms. The minimum absolute atomic E-state index is 0.000485. The van der Waals surface area contributed by atoms with E-state index >= 15 is 0 Å². The zero-order valence-electron chi connectivity index (χ0n) is 12.6. The number of phenolic OH excluding ortho intramolecular Hbond substituents is 1. The molecule has 0 saturated heterocycles. The van der Waals surface area contributed by atoms with Crippen LogP contribution in [-0.2, 0) is 4.79 Å². The Hall–Kier alpha value is -2.06. The molecular formula is C16H14Br2N2O4. The third-order valence-corrected chi connectivity index (χ3v) is 4.13. The molecule has 6 nitrogen and oxygen atoms in total. The second-order valence-corrected chi connectivity index (χ2v) is 6.27. The van der Waals surface area contributed by atoms with Gasteiger partial charge >= 0.3 is 0 Å². The summed E-state index contributed by atoms with van der Waals surface area (Å²) in [6.07, 6.45) is 1.43. The Morgan fingerprint density at radius 3 is 2.71 bits per heavy atom. The van der Waals surface area contributed by atoms with Crippen LogP contribution in [0.3, 0.4) is 0 Å². The van der Waals surface area contributed by atoms with Crippen LogP contribution in [0.15, 0.2) is 50.4 Å². The predicted octanol–water partition coefficient (Wildman–Crippen LogP) is 3.45. The number of hydrogen-bond acceptors (Lipinski definition) is 5. The second-order valence-electron chi connectivity index (χ2n) is 4.57. The van der Waals surface area contributed by atoms with Gasteiger partial charge in [-0.2, -0.15) is 5.10 Å². The molecule has 0 fully saturated rings. The smallest absolute Gasteiger partial charge is 0.277 e. The number of aromatic hydroxyl groups is 1. The van der Waals surface area contributed by atoms with Gasteiger partial charge < -0.3 is 14.6 Å². The number of hydrogen-bond donors (Lipinski definition) is 2. The van der Waals surface area contributed by atoms with Gasteiger partial charge in [0.15, 0.2) is 18.1 Å². The molecule has 0 atom stereocenters. The highest BCUT2D eigenvalue weighted by molar-refractivity contribution is 9.10. The summed E-state index contributed by atoms with van der Waals surface area (Å²) in [5, 5.41) is 13.6. The average Bonchev–Trinajstić information content (AvgIpc) is 2.57. The molecule has 0 spiro atoms. The van der Waals surface area contributed by atoms with Crippen LogP contribution in [0.1, 0.15) is 5.56 Å². The standard InChI is InChI=1S/C16H14Br2N2O4/c1-23-14-7-10(6-12(18)16(14)22)8-19-20-15(21)9-24-13-5-3-2-4-11(13)17/h2-8,22H,9H2,1H3,(H,20,21)/b19-8+. The summed E-state index contributed by atoms with van der Waals surface area (Å²) in [6.45, 7) is -0.164. The molecule has 0 heterocycles. The van der Waals surface area contributed by atoms with Crippen LogP contribution in [-0.4, -0.2) is 30.9 Å². The third kappa shape index (κ3) is 4.97. The molecule has 1 amide bonds. The summed E-state index contributed by atoms with van der Waals surface area (Å²) in [6, 6.07) is 10.5. The van der Waals surface area contributed by atoms with Gasteiger partial charge in [-0.15, -0.1) is 0 Å². The number of nitrogens with zero attached hydrogens (tertiary/aromatic N) is 1. The number of ether oxygens (including phenoxy) is 2. The van der Waals surface area contributed by atoms with Crippen LogP contribution in [0, 0.1) is 0 Å². The number of para-hydroxylation sites is 1. The lowest BCUT2D eigenvalue weighted by atomic mass is 10.2. The number of amides is 1. The first-order chi connectivity index (χ1) is 11.5. The van der Waals surface area contributed by atoms with E-state index in [2.05, 4.69) is 42.4 Å². The Balaban J connectivity index is 1.91. The van der Waals surface area contributed by atoms with E-state index in [4.69, 9.17) is 9.47 Å². The van der Waals surface area contributed by atoms with Crippen molar-refractivity contribution in [2.24, 2.45) is 5.10 Å². The Morgan fingerprint density at radius 2 is 2.00 bits per heavy atom. The van der Waals surface area contributed by atoms with Crippen LogP contribution in [0.5, 0.6) is 17.2 Å². The highest BCUT2D eigenvalue weighted by atomic mass is 79.9. The highest BCUT2D eigenvalue weighted by Crippen LogP contribution is 2.34. The SMILES string of the molecule is COc1cc(/C=N/NC(=O)COc2ccccc2Br)cc(Br)c1O. The summed E-state index contributed by atoms with van der Waals surface area (Å²) in [7, 11) is 1.45. The highest BCUT2D eigenvalue weighted by Gasteiger charge is 2.08. The summed E-state index contributed by atoms with van der Waals surface area (Å²) >= 11 is 6.55. The first-order valence-corrected chi connectivity index (χ1v) is 8.35. The van der Waals surface area contributed by atoms with Crippen LogP contribution in [0.25, 0.3) is 0 Å². The maximum absolute atomic E-state index is 11.7. The fraction of sp³-hybridized carbons (Fsp3) is 0.125. The Labute approximate surface area is 155 Å². The van der Waals surface area contributed by atoms with Crippen LogP contribution >= 0.6 is 31.9 Å². The number of halogens is 2. The molecule has 8 heteroatoms. The molecule has 2 rings (SSSR count). The van der Waals surface area contributed by atoms with Crippen molar-refractivity contribution < 1.29 is 19.4 Å². The lowest BCUT2D eigenvalue weighted by molar-refractivity contribution is -0.123. The first-order valence-electron chi connectivity index (χ1n) is 6.77. The van der Waals surface area contributed by atoms with Gasteiger partial charge in [-0.3, -0.25) is 4.79 Å². The van der Waals surface area contributed by atoms with Gasteiger partial charge in [-0.1, -0.05) is 12.1 Å². The van der Waals surface area contributed by atoms with Gasteiger partial charge in [0.05, 0.1) is 22.3 Å². The third-order valence-electron chi connectivity index (χ3n) is 2.87. The van der Waals surface area contributed by atoms with Crippen molar-refractivity contribution in [2.45, 2.75) is 0 Å². The molecular weight excluding hydrogens is 444 g/mol. The van der Waals surface area contributed by atoms with Gasteiger partial charge in [0, 0.05) is 0 Å². The van der Waals surface area contributed by atoms with Crippen LogP contribution in [0.2, 0.25) is 0 Å². The van der Waals surface area contributed by atoms with Crippen LogP contribution in [0.4, 0.5) is 0 Å². The van der Waals surface area contributed by atoms with Crippen molar-refractivity contribution in [3.63, 3.8) is 0 Å². The fourth-order valence-corrected chi connectivity index (χ4v) is 2.60. The number of carbonyl (C=O) groups is 1. The number of rotatable bonds is 6. The van der Waals surface area contributed by atoms with Gasteiger partial charge in [0.25, 0.3) is 5.91 Å². The molecule has 0 saturated carbocycles. The summed E-state index contributed by atoms with van der Waals surface area (Å²) in [5.74, 6) is 0.477. The van der Waals surface area contributed by atoms with Gasteiger partial charge in [0.2, 0.25) is 0 Å². The van der Waals surface area contributed by atoms with Crippen molar-refractivity contribution in [1.29, 1.82) is 0 Å².